The van der Waals surface area contributed by atoms with Crippen LogP contribution in [0.5, 0.6) is 0 Å². The van der Waals surface area contributed by atoms with Crippen molar-refractivity contribution in [2.75, 3.05) is 0 Å². The minimum Gasteiger partial charge on any atom is -0.481 e. The highest BCUT2D eigenvalue weighted by molar-refractivity contribution is 5.85. The largest absolute Gasteiger partial charge is 0.481 e. The van der Waals surface area contributed by atoms with Gasteiger partial charge in [0.25, 0.3) is 0 Å². The maximum Gasteiger partial charge on any atom is 0.328 e. The molecule has 1 unspecified atom stereocenters. The lowest BCUT2D eigenvalue weighted by Crippen LogP contribution is -2.14. The van der Waals surface area contributed by atoms with Crippen LogP contribution in [0.3, 0.4) is 0 Å². The van der Waals surface area contributed by atoms with Crippen LogP contribution >= 0.6 is 0 Å². The highest BCUT2D eigenvalue weighted by Gasteiger charge is 2.09. The first kappa shape index (κ1) is 12.9. The van der Waals surface area contributed by atoms with Crippen LogP contribution < -0.4 is 5.73 Å². The second-order valence-corrected chi connectivity index (χ2v) is 3.54. The summed E-state index contributed by atoms with van der Waals surface area (Å²) in [5.74, 6) is -1.97. The van der Waals surface area contributed by atoms with Crippen LogP contribution in [0, 0.1) is 0 Å². The van der Waals surface area contributed by atoms with E-state index in [9.17, 15) is 9.59 Å². The second-order valence-electron chi connectivity index (χ2n) is 3.54. The van der Waals surface area contributed by atoms with Crippen molar-refractivity contribution >= 4 is 18.0 Å². The van der Waals surface area contributed by atoms with Gasteiger partial charge >= 0.3 is 11.9 Å². The van der Waals surface area contributed by atoms with E-state index in [1.54, 1.807) is 24.3 Å². The van der Waals surface area contributed by atoms with Gasteiger partial charge in [0.05, 0.1) is 6.42 Å². The standard InChI is InChI=1S/C12H13NO4/c13-10(7-12(16)17)9-4-1-8(2-5-9)3-6-11(14)15/h1-6,10H,7,13H2,(H,14,15)(H,16,17)/b6-3+. The molecule has 5 nitrogen and oxygen atoms in total. The van der Waals surface area contributed by atoms with Crippen LogP contribution in [0.2, 0.25) is 0 Å². The van der Waals surface area contributed by atoms with Crippen LogP contribution in [0.15, 0.2) is 30.3 Å². The zero-order valence-electron chi connectivity index (χ0n) is 9.04. The van der Waals surface area contributed by atoms with Gasteiger partial charge in [-0.25, -0.2) is 4.79 Å². The van der Waals surface area contributed by atoms with E-state index in [-0.39, 0.29) is 6.42 Å². The van der Waals surface area contributed by atoms with Gasteiger partial charge in [0.1, 0.15) is 0 Å². The predicted octanol–water partition coefficient (Wildman–Crippen LogP) is 1.26. The number of hydrogen-bond donors (Lipinski definition) is 3. The summed E-state index contributed by atoms with van der Waals surface area (Å²) in [6.07, 6.45) is 2.35. The Morgan fingerprint density at radius 1 is 1.24 bits per heavy atom. The summed E-state index contributed by atoms with van der Waals surface area (Å²) in [6.45, 7) is 0. The van der Waals surface area contributed by atoms with Crippen LogP contribution in [-0.2, 0) is 9.59 Å². The van der Waals surface area contributed by atoms with Gasteiger partial charge in [0.2, 0.25) is 0 Å². The molecule has 0 spiro atoms. The first-order valence-corrected chi connectivity index (χ1v) is 4.97. The van der Waals surface area contributed by atoms with Gasteiger partial charge in [-0.1, -0.05) is 24.3 Å². The Morgan fingerprint density at radius 2 is 1.82 bits per heavy atom. The Bertz CT molecular complexity index is 436. The maximum absolute atomic E-state index is 10.5. The number of nitrogens with two attached hydrogens (primary N) is 1. The molecule has 4 N–H and O–H groups in total. The molecule has 1 aromatic carbocycles. The number of aliphatic carboxylic acids is 2. The molecule has 0 amide bonds. The number of rotatable bonds is 5. The molecule has 0 fully saturated rings. The lowest BCUT2D eigenvalue weighted by molar-refractivity contribution is -0.137. The summed E-state index contributed by atoms with van der Waals surface area (Å²) < 4.78 is 0. The third-order valence-electron chi connectivity index (χ3n) is 2.18. The molecule has 1 rings (SSSR count). The molecule has 1 atom stereocenters. The van der Waals surface area contributed by atoms with Crippen molar-refractivity contribution in [3.05, 3.63) is 41.5 Å². The van der Waals surface area contributed by atoms with Gasteiger partial charge < -0.3 is 15.9 Å². The van der Waals surface area contributed by atoms with Crippen molar-refractivity contribution in [3.63, 3.8) is 0 Å². The molecule has 0 radical (unpaired) electrons. The van der Waals surface area contributed by atoms with Crippen molar-refractivity contribution in [1.29, 1.82) is 0 Å². The fourth-order valence-corrected chi connectivity index (χ4v) is 1.33. The van der Waals surface area contributed by atoms with Crippen LogP contribution in [0.4, 0.5) is 0 Å². The van der Waals surface area contributed by atoms with Gasteiger partial charge in [0.15, 0.2) is 0 Å². The predicted molar refractivity (Wildman–Crippen MR) is 62.3 cm³/mol. The average Bonchev–Trinajstić information content (AvgIpc) is 2.26. The van der Waals surface area contributed by atoms with Crippen LogP contribution in [0.25, 0.3) is 6.08 Å². The van der Waals surface area contributed by atoms with Gasteiger partial charge in [0, 0.05) is 12.1 Å². The number of carbonyl (C=O) groups is 2. The minimum absolute atomic E-state index is 0.135. The summed E-state index contributed by atoms with van der Waals surface area (Å²) in [4.78, 5) is 20.8. The monoisotopic (exact) mass is 235 g/mol. The van der Waals surface area contributed by atoms with E-state index in [1.807, 2.05) is 0 Å². The van der Waals surface area contributed by atoms with Crippen molar-refractivity contribution in [3.8, 4) is 0 Å². The lowest BCUT2D eigenvalue weighted by Gasteiger charge is -2.09. The Hall–Kier alpha value is -2.14. The number of benzene rings is 1. The summed E-state index contributed by atoms with van der Waals surface area (Å²) in [7, 11) is 0. The number of carboxylic acids is 2. The molecule has 0 bridgehead atoms. The highest BCUT2D eigenvalue weighted by Crippen LogP contribution is 2.15. The molecular formula is C12H13NO4. The van der Waals surface area contributed by atoms with Gasteiger partial charge in [-0.3, -0.25) is 4.79 Å². The average molecular weight is 235 g/mol. The van der Waals surface area contributed by atoms with Gasteiger partial charge in [-0.15, -0.1) is 0 Å². The Morgan fingerprint density at radius 3 is 2.29 bits per heavy atom. The molecule has 0 heterocycles. The molecule has 0 aliphatic carbocycles. The SMILES string of the molecule is NC(CC(=O)O)c1ccc(/C=C/C(=O)O)cc1. The van der Waals surface area contributed by atoms with Crippen molar-refractivity contribution < 1.29 is 19.8 Å². The third-order valence-corrected chi connectivity index (χ3v) is 2.18. The molecule has 5 heteroatoms. The van der Waals surface area contributed by atoms with Crippen LogP contribution in [-0.4, -0.2) is 22.2 Å². The maximum atomic E-state index is 10.5. The molecule has 17 heavy (non-hydrogen) atoms. The van der Waals surface area contributed by atoms with E-state index in [0.717, 1.165) is 11.6 Å². The smallest absolute Gasteiger partial charge is 0.328 e. The van der Waals surface area contributed by atoms with E-state index in [0.29, 0.717) is 5.56 Å². The van der Waals surface area contributed by atoms with E-state index >= 15 is 0 Å². The summed E-state index contributed by atoms with van der Waals surface area (Å²) in [5.41, 5.74) is 7.10. The summed E-state index contributed by atoms with van der Waals surface area (Å²) >= 11 is 0. The lowest BCUT2D eigenvalue weighted by atomic mass is 10.0. The molecule has 0 saturated heterocycles. The van der Waals surface area contributed by atoms with E-state index in [2.05, 4.69) is 0 Å². The fourth-order valence-electron chi connectivity index (χ4n) is 1.33. The zero-order valence-corrected chi connectivity index (χ0v) is 9.04. The first-order chi connectivity index (χ1) is 7.99. The second kappa shape index (κ2) is 5.81. The highest BCUT2D eigenvalue weighted by atomic mass is 16.4. The van der Waals surface area contributed by atoms with Gasteiger partial charge in [-0.2, -0.15) is 0 Å². The van der Waals surface area contributed by atoms with E-state index < -0.39 is 18.0 Å². The zero-order chi connectivity index (χ0) is 12.8. The molecule has 0 aliphatic heterocycles. The Kier molecular flexibility index (Phi) is 4.42. The van der Waals surface area contributed by atoms with Crippen molar-refractivity contribution in [2.45, 2.75) is 12.5 Å². The number of carboxylic acid groups (broad SMARTS) is 2. The Labute approximate surface area is 98.2 Å². The first-order valence-electron chi connectivity index (χ1n) is 4.97. The quantitative estimate of drug-likeness (QED) is 0.667. The topological polar surface area (TPSA) is 101 Å². The molecule has 0 aromatic heterocycles. The Balaban J connectivity index is 2.74. The molecule has 90 valence electrons. The van der Waals surface area contributed by atoms with Crippen molar-refractivity contribution in [1.82, 2.24) is 0 Å². The van der Waals surface area contributed by atoms with E-state index in [4.69, 9.17) is 15.9 Å². The van der Waals surface area contributed by atoms with E-state index in [1.165, 1.54) is 6.08 Å². The summed E-state index contributed by atoms with van der Waals surface area (Å²) in [6, 6.07) is 6.21. The summed E-state index contributed by atoms with van der Waals surface area (Å²) in [5, 5.41) is 17.0. The fraction of sp³-hybridized carbons (Fsp3) is 0.167. The van der Waals surface area contributed by atoms with Gasteiger partial charge in [-0.05, 0) is 17.2 Å². The molecule has 0 saturated carbocycles. The van der Waals surface area contributed by atoms with Crippen LogP contribution in [0.1, 0.15) is 23.6 Å². The molecular weight excluding hydrogens is 222 g/mol. The number of hydrogen-bond acceptors (Lipinski definition) is 3. The third kappa shape index (κ3) is 4.48. The normalized spacial score (nSPS) is 12.5. The molecule has 0 aliphatic rings. The minimum atomic E-state index is -1.02. The molecule has 1 aromatic rings. The van der Waals surface area contributed by atoms with Crippen molar-refractivity contribution in [2.24, 2.45) is 5.73 Å².